The quantitative estimate of drug-likeness (QED) is 0.623. The summed E-state index contributed by atoms with van der Waals surface area (Å²) in [5, 5.41) is 4.14. The molecule has 0 aromatic heterocycles. The molecule has 0 aliphatic carbocycles. The summed E-state index contributed by atoms with van der Waals surface area (Å²) in [6, 6.07) is 5.94. The third-order valence-corrected chi connectivity index (χ3v) is 3.55. The molecule has 1 rings (SSSR count). The molecule has 0 saturated heterocycles. The van der Waals surface area contributed by atoms with Crippen molar-refractivity contribution < 1.29 is 4.74 Å². The number of rotatable bonds is 10. The van der Waals surface area contributed by atoms with E-state index < -0.39 is 0 Å². The Balaban J connectivity index is 2.11. The number of benzene rings is 1. The van der Waals surface area contributed by atoms with Crippen molar-refractivity contribution in [3.63, 3.8) is 0 Å². The molecule has 0 atom stereocenters. The molecule has 3 heteroatoms. The Hall–Kier alpha value is -0.730. The van der Waals surface area contributed by atoms with Crippen molar-refractivity contribution in [1.82, 2.24) is 5.32 Å². The molecule has 0 unspecified atom stereocenters. The van der Waals surface area contributed by atoms with Crippen LogP contribution in [0.2, 0.25) is 5.02 Å². The van der Waals surface area contributed by atoms with Crippen LogP contribution < -0.4 is 10.1 Å². The minimum absolute atomic E-state index is 0.682. The van der Waals surface area contributed by atoms with Crippen molar-refractivity contribution in [2.45, 2.75) is 52.0 Å². The Morgan fingerprint density at radius 3 is 2.53 bits per heavy atom. The summed E-state index contributed by atoms with van der Waals surface area (Å²) in [5.41, 5.74) is 1.21. The third kappa shape index (κ3) is 6.84. The van der Waals surface area contributed by atoms with E-state index in [2.05, 4.69) is 18.3 Å². The van der Waals surface area contributed by atoms with Crippen molar-refractivity contribution in [2.75, 3.05) is 13.7 Å². The van der Waals surface area contributed by atoms with Gasteiger partial charge in [-0.25, -0.2) is 0 Å². The normalized spacial score (nSPS) is 10.7. The second-order valence-electron chi connectivity index (χ2n) is 4.91. The van der Waals surface area contributed by atoms with E-state index in [9.17, 15) is 0 Å². The Morgan fingerprint density at radius 1 is 1.11 bits per heavy atom. The molecule has 0 bridgehead atoms. The zero-order valence-corrected chi connectivity index (χ0v) is 12.9. The third-order valence-electron chi connectivity index (χ3n) is 3.25. The van der Waals surface area contributed by atoms with Crippen molar-refractivity contribution >= 4 is 11.6 Å². The standard InChI is InChI=1S/C16H26ClNO/c1-3-4-5-6-7-8-11-18-13-14-9-10-16(19-2)15(17)12-14/h9-10,12,18H,3-8,11,13H2,1-2H3. The van der Waals surface area contributed by atoms with Crippen LogP contribution in [-0.4, -0.2) is 13.7 Å². The number of nitrogens with one attached hydrogen (secondary N) is 1. The molecule has 0 spiro atoms. The second kappa shape index (κ2) is 10.1. The second-order valence-corrected chi connectivity index (χ2v) is 5.32. The molecule has 108 valence electrons. The first kappa shape index (κ1) is 16.3. The van der Waals surface area contributed by atoms with E-state index in [0.717, 1.165) is 18.8 Å². The van der Waals surface area contributed by atoms with Crippen LogP contribution in [0, 0.1) is 0 Å². The van der Waals surface area contributed by atoms with E-state index in [0.29, 0.717) is 5.02 Å². The van der Waals surface area contributed by atoms with E-state index >= 15 is 0 Å². The molecule has 1 aromatic rings. The van der Waals surface area contributed by atoms with Gasteiger partial charge in [0, 0.05) is 6.54 Å². The van der Waals surface area contributed by atoms with Gasteiger partial charge >= 0.3 is 0 Å². The Labute approximate surface area is 122 Å². The smallest absolute Gasteiger partial charge is 0.137 e. The van der Waals surface area contributed by atoms with Gasteiger partial charge in [-0.05, 0) is 30.7 Å². The minimum atomic E-state index is 0.682. The molecule has 0 aliphatic rings. The molecular weight excluding hydrogens is 258 g/mol. The number of methoxy groups -OCH3 is 1. The van der Waals surface area contributed by atoms with Crippen molar-refractivity contribution in [3.05, 3.63) is 28.8 Å². The van der Waals surface area contributed by atoms with Crippen molar-refractivity contribution in [3.8, 4) is 5.75 Å². The van der Waals surface area contributed by atoms with E-state index in [1.165, 1.54) is 44.1 Å². The zero-order chi connectivity index (χ0) is 13.9. The summed E-state index contributed by atoms with van der Waals surface area (Å²) in [6.07, 6.45) is 8.02. The molecule has 0 heterocycles. The maximum atomic E-state index is 6.09. The van der Waals surface area contributed by atoms with Crippen LogP contribution in [0.25, 0.3) is 0 Å². The van der Waals surface area contributed by atoms with Crippen molar-refractivity contribution in [1.29, 1.82) is 0 Å². The predicted molar refractivity (Wildman–Crippen MR) is 83.1 cm³/mol. The minimum Gasteiger partial charge on any atom is -0.495 e. The van der Waals surface area contributed by atoms with Gasteiger partial charge in [0.15, 0.2) is 0 Å². The topological polar surface area (TPSA) is 21.3 Å². The fourth-order valence-electron chi connectivity index (χ4n) is 2.08. The number of hydrogen-bond acceptors (Lipinski definition) is 2. The number of ether oxygens (including phenoxy) is 1. The summed E-state index contributed by atoms with van der Waals surface area (Å²) >= 11 is 6.09. The molecule has 0 radical (unpaired) electrons. The molecule has 0 fully saturated rings. The Morgan fingerprint density at radius 2 is 1.84 bits per heavy atom. The van der Waals surface area contributed by atoms with Gasteiger partial charge in [-0.1, -0.05) is 56.7 Å². The van der Waals surface area contributed by atoms with Gasteiger partial charge in [-0.3, -0.25) is 0 Å². The highest BCUT2D eigenvalue weighted by Gasteiger charge is 2.01. The maximum Gasteiger partial charge on any atom is 0.137 e. The van der Waals surface area contributed by atoms with Gasteiger partial charge in [-0.2, -0.15) is 0 Å². The molecule has 0 amide bonds. The van der Waals surface area contributed by atoms with Gasteiger partial charge in [0.05, 0.1) is 12.1 Å². The maximum absolute atomic E-state index is 6.09. The van der Waals surface area contributed by atoms with Gasteiger partial charge < -0.3 is 10.1 Å². The average molecular weight is 284 g/mol. The van der Waals surface area contributed by atoms with Crippen LogP contribution in [0.5, 0.6) is 5.75 Å². The van der Waals surface area contributed by atoms with Gasteiger partial charge in [0.25, 0.3) is 0 Å². The summed E-state index contributed by atoms with van der Waals surface area (Å²) in [4.78, 5) is 0. The van der Waals surface area contributed by atoms with Gasteiger partial charge in [0.1, 0.15) is 5.75 Å². The molecule has 1 aromatic carbocycles. The Kier molecular flexibility index (Phi) is 8.68. The lowest BCUT2D eigenvalue weighted by Gasteiger charge is -2.07. The molecule has 1 N–H and O–H groups in total. The first-order valence-electron chi connectivity index (χ1n) is 7.31. The SMILES string of the molecule is CCCCCCCCNCc1ccc(OC)c(Cl)c1. The molecule has 0 saturated carbocycles. The largest absolute Gasteiger partial charge is 0.495 e. The number of unbranched alkanes of at least 4 members (excludes halogenated alkanes) is 5. The first-order valence-corrected chi connectivity index (χ1v) is 7.69. The summed E-state index contributed by atoms with van der Waals surface area (Å²) in [6.45, 7) is 4.20. The molecule has 19 heavy (non-hydrogen) atoms. The number of hydrogen-bond donors (Lipinski definition) is 1. The molecule has 0 aliphatic heterocycles. The van der Waals surface area contributed by atoms with Crippen LogP contribution in [0.4, 0.5) is 0 Å². The van der Waals surface area contributed by atoms with E-state index in [4.69, 9.17) is 16.3 Å². The van der Waals surface area contributed by atoms with Crippen LogP contribution in [-0.2, 0) is 6.54 Å². The van der Waals surface area contributed by atoms with Crippen LogP contribution in [0.3, 0.4) is 0 Å². The summed E-state index contributed by atoms with van der Waals surface area (Å²) < 4.78 is 5.14. The monoisotopic (exact) mass is 283 g/mol. The lowest BCUT2D eigenvalue weighted by atomic mass is 10.1. The predicted octanol–water partition coefficient (Wildman–Crippen LogP) is 4.80. The fourth-order valence-corrected chi connectivity index (χ4v) is 2.36. The highest BCUT2D eigenvalue weighted by molar-refractivity contribution is 6.32. The van der Waals surface area contributed by atoms with Crippen molar-refractivity contribution in [2.24, 2.45) is 0 Å². The molecule has 2 nitrogen and oxygen atoms in total. The first-order chi connectivity index (χ1) is 9.27. The fraction of sp³-hybridized carbons (Fsp3) is 0.625. The summed E-state index contributed by atoms with van der Waals surface area (Å²) in [7, 11) is 1.64. The molecular formula is C16H26ClNO. The Bertz CT molecular complexity index is 355. The van der Waals surface area contributed by atoms with Crippen LogP contribution in [0.1, 0.15) is 51.0 Å². The summed E-state index contributed by atoms with van der Waals surface area (Å²) in [5.74, 6) is 0.737. The lowest BCUT2D eigenvalue weighted by Crippen LogP contribution is -2.14. The van der Waals surface area contributed by atoms with E-state index in [-0.39, 0.29) is 0 Å². The highest BCUT2D eigenvalue weighted by Crippen LogP contribution is 2.24. The van der Waals surface area contributed by atoms with E-state index in [1.807, 2.05) is 12.1 Å². The van der Waals surface area contributed by atoms with E-state index in [1.54, 1.807) is 7.11 Å². The van der Waals surface area contributed by atoms with Crippen LogP contribution in [0.15, 0.2) is 18.2 Å². The number of halogens is 1. The highest BCUT2D eigenvalue weighted by atomic mass is 35.5. The average Bonchev–Trinajstić information content (AvgIpc) is 2.42. The van der Waals surface area contributed by atoms with Gasteiger partial charge in [0.2, 0.25) is 0 Å². The van der Waals surface area contributed by atoms with Gasteiger partial charge in [-0.15, -0.1) is 0 Å². The van der Waals surface area contributed by atoms with Crippen LogP contribution >= 0.6 is 11.6 Å². The zero-order valence-electron chi connectivity index (χ0n) is 12.2. The lowest BCUT2D eigenvalue weighted by molar-refractivity contribution is 0.415.